The number of pyridine rings is 1. The van der Waals surface area contributed by atoms with E-state index < -0.39 is 0 Å². The highest BCUT2D eigenvalue weighted by Crippen LogP contribution is 2.31. The third kappa shape index (κ3) is 6.07. The highest BCUT2D eigenvalue weighted by Gasteiger charge is 2.28. The highest BCUT2D eigenvalue weighted by atomic mass is 32.1. The molecule has 2 fully saturated rings. The van der Waals surface area contributed by atoms with E-state index in [1.165, 1.54) is 0 Å². The number of thiazole rings is 1. The maximum absolute atomic E-state index is 13.2. The van der Waals surface area contributed by atoms with Gasteiger partial charge < -0.3 is 24.9 Å². The molecule has 1 N–H and O–H groups in total. The average Bonchev–Trinajstić information content (AvgIpc) is 3.43. The number of carbonyl (C=O) groups is 1. The lowest BCUT2D eigenvalue weighted by atomic mass is 9.98. The van der Waals surface area contributed by atoms with Gasteiger partial charge in [-0.15, -0.1) is 11.3 Å². The minimum absolute atomic E-state index is 0.0347. The van der Waals surface area contributed by atoms with E-state index >= 15 is 0 Å². The summed E-state index contributed by atoms with van der Waals surface area (Å²) < 4.78 is 0. The smallest absolute Gasteiger partial charge is 0.273 e. The molecule has 38 heavy (non-hydrogen) atoms. The summed E-state index contributed by atoms with van der Waals surface area (Å²) in [7, 11) is 4.06. The molecule has 0 atom stereocenters. The first-order valence-electron chi connectivity index (χ1n) is 13.1. The summed E-state index contributed by atoms with van der Waals surface area (Å²) in [5.41, 5.74) is 3.75. The Hall–Kier alpha value is -3.24. The van der Waals surface area contributed by atoms with Crippen molar-refractivity contribution >= 4 is 51.8 Å². The van der Waals surface area contributed by atoms with Crippen LogP contribution in [0.1, 0.15) is 39.9 Å². The van der Waals surface area contributed by atoms with Crippen molar-refractivity contribution in [3.8, 4) is 0 Å². The summed E-state index contributed by atoms with van der Waals surface area (Å²) in [6.45, 7) is 6.69. The first-order chi connectivity index (χ1) is 18.4. The number of piperidine rings is 1. The Morgan fingerprint density at radius 2 is 1.68 bits per heavy atom. The third-order valence-electron chi connectivity index (χ3n) is 7.27. The third-order valence-corrected chi connectivity index (χ3v) is 8.64. The molecule has 0 radical (unpaired) electrons. The normalized spacial score (nSPS) is 16.4. The number of piperazine rings is 1. The summed E-state index contributed by atoms with van der Waals surface area (Å²) in [5, 5.41) is 7.13. The van der Waals surface area contributed by atoms with Gasteiger partial charge in [-0.2, -0.15) is 0 Å². The molecule has 1 aromatic carbocycles. The summed E-state index contributed by atoms with van der Waals surface area (Å²) in [6, 6.07) is 14.4. The highest BCUT2D eigenvalue weighted by molar-refractivity contribution is 7.80. The Labute approximate surface area is 234 Å². The number of aromatic nitrogens is 2. The van der Waals surface area contributed by atoms with Gasteiger partial charge in [0.05, 0.1) is 5.01 Å². The van der Waals surface area contributed by atoms with Crippen molar-refractivity contribution < 1.29 is 4.79 Å². The van der Waals surface area contributed by atoms with Crippen LogP contribution in [0, 0.1) is 6.92 Å². The van der Waals surface area contributed by atoms with Crippen LogP contribution in [0.5, 0.6) is 0 Å². The Morgan fingerprint density at radius 1 is 0.974 bits per heavy atom. The number of nitrogens with one attached hydrogen (secondary N) is 1. The fourth-order valence-corrected chi connectivity index (χ4v) is 6.22. The van der Waals surface area contributed by atoms with Crippen LogP contribution in [0.25, 0.3) is 0 Å². The van der Waals surface area contributed by atoms with Crippen LogP contribution in [-0.4, -0.2) is 84.2 Å². The molecule has 0 saturated carbocycles. The molecule has 8 nitrogen and oxygen atoms in total. The van der Waals surface area contributed by atoms with Crippen molar-refractivity contribution in [3.63, 3.8) is 0 Å². The average molecular weight is 550 g/mol. The molecule has 2 aliphatic heterocycles. The number of likely N-dealkylation sites (tertiary alicyclic amines) is 1. The van der Waals surface area contributed by atoms with E-state index in [0.717, 1.165) is 72.0 Å². The zero-order valence-corrected chi connectivity index (χ0v) is 23.9. The van der Waals surface area contributed by atoms with E-state index in [-0.39, 0.29) is 5.91 Å². The zero-order chi connectivity index (χ0) is 26.6. The molecule has 3 aromatic rings. The van der Waals surface area contributed by atoms with Crippen LogP contribution in [0.3, 0.4) is 0 Å². The predicted molar refractivity (Wildman–Crippen MR) is 160 cm³/mol. The van der Waals surface area contributed by atoms with E-state index in [2.05, 4.69) is 49.3 Å². The molecule has 0 bridgehead atoms. The fraction of sp³-hybridized carbons (Fsp3) is 0.429. The number of carbonyl (C=O) groups excluding carboxylic acids is 1. The second-order valence-corrected chi connectivity index (χ2v) is 11.4. The van der Waals surface area contributed by atoms with E-state index in [0.29, 0.717) is 24.7 Å². The maximum Gasteiger partial charge on any atom is 0.273 e. The quantitative estimate of drug-likeness (QED) is 0.469. The molecule has 2 aromatic heterocycles. The summed E-state index contributed by atoms with van der Waals surface area (Å²) >= 11 is 7.30. The number of nitrogens with zero attached hydrogens (tertiary/aromatic N) is 6. The van der Waals surface area contributed by atoms with Crippen molar-refractivity contribution in [1.82, 2.24) is 19.8 Å². The SMILES string of the molecule is Cc1cccc(N2CCN(C(=O)c3csc(C4CCN(C(=S)Nc5ccc(N(C)C)cc5)CC4)n3)CC2)n1. The lowest BCUT2D eigenvalue weighted by Crippen LogP contribution is -2.49. The Balaban J connectivity index is 1.10. The lowest BCUT2D eigenvalue weighted by Gasteiger charge is -2.35. The standard InChI is InChI=1S/C28H35N7OS2/c1-20-5-4-6-25(29-20)33-15-17-34(18-16-33)27(36)24-19-38-26(31-24)21-11-13-35(14-12-21)28(37)30-22-7-9-23(10-8-22)32(2)3/h4-10,19,21H,11-18H2,1-3H3,(H,30,37). The number of benzene rings is 1. The monoisotopic (exact) mass is 549 g/mol. The predicted octanol–water partition coefficient (Wildman–Crippen LogP) is 4.45. The molecule has 5 rings (SSSR count). The van der Waals surface area contributed by atoms with Gasteiger partial charge in [-0.25, -0.2) is 9.97 Å². The topological polar surface area (TPSA) is 67.8 Å². The molecular formula is C28H35N7OS2. The molecular weight excluding hydrogens is 514 g/mol. The second kappa shape index (κ2) is 11.7. The van der Waals surface area contributed by atoms with Crippen LogP contribution >= 0.6 is 23.6 Å². The lowest BCUT2D eigenvalue weighted by molar-refractivity contribution is 0.0741. The van der Waals surface area contributed by atoms with Crippen LogP contribution in [0.2, 0.25) is 0 Å². The molecule has 0 unspecified atom stereocenters. The van der Waals surface area contributed by atoms with Crippen molar-refractivity contribution in [2.24, 2.45) is 0 Å². The van der Waals surface area contributed by atoms with Crippen molar-refractivity contribution in [2.45, 2.75) is 25.7 Å². The first-order valence-corrected chi connectivity index (χ1v) is 14.4. The molecule has 200 valence electrons. The fourth-order valence-electron chi connectivity index (χ4n) is 4.95. The number of hydrogen-bond donors (Lipinski definition) is 1. The van der Waals surface area contributed by atoms with Crippen molar-refractivity contribution in [2.75, 3.05) is 68.5 Å². The van der Waals surface area contributed by atoms with Crippen LogP contribution < -0.4 is 15.1 Å². The molecule has 1 amide bonds. The molecule has 10 heteroatoms. The molecule has 4 heterocycles. The number of amides is 1. The van der Waals surface area contributed by atoms with Crippen molar-refractivity contribution in [3.05, 3.63) is 64.2 Å². The molecule has 0 aliphatic carbocycles. The Morgan fingerprint density at radius 3 is 2.34 bits per heavy atom. The number of hydrogen-bond acceptors (Lipinski definition) is 7. The van der Waals surface area contributed by atoms with E-state index in [4.69, 9.17) is 17.2 Å². The van der Waals surface area contributed by atoms with Crippen molar-refractivity contribution in [1.29, 1.82) is 0 Å². The van der Waals surface area contributed by atoms with Crippen LogP contribution in [0.4, 0.5) is 17.2 Å². The number of anilines is 3. The molecule has 2 saturated heterocycles. The number of thiocarbonyl (C=S) groups is 1. The van der Waals surface area contributed by atoms with Gasteiger partial charge >= 0.3 is 0 Å². The minimum atomic E-state index is 0.0347. The summed E-state index contributed by atoms with van der Waals surface area (Å²) in [5.74, 6) is 1.38. The number of aryl methyl sites for hydroxylation is 1. The van der Waals surface area contributed by atoms with Gasteiger partial charge in [0.2, 0.25) is 0 Å². The summed E-state index contributed by atoms with van der Waals surface area (Å²) in [6.07, 6.45) is 1.95. The Bertz CT molecular complexity index is 1260. The number of rotatable bonds is 5. The van der Waals surface area contributed by atoms with E-state index in [1.807, 2.05) is 49.5 Å². The van der Waals surface area contributed by atoms with Gasteiger partial charge in [-0.05, 0) is 68.4 Å². The van der Waals surface area contributed by atoms with Gasteiger partial charge in [-0.3, -0.25) is 4.79 Å². The largest absolute Gasteiger partial charge is 0.378 e. The zero-order valence-electron chi connectivity index (χ0n) is 22.3. The molecule has 0 spiro atoms. The van der Waals surface area contributed by atoms with Gasteiger partial charge in [-0.1, -0.05) is 6.07 Å². The van der Waals surface area contributed by atoms with Crippen LogP contribution in [-0.2, 0) is 0 Å². The first kappa shape index (κ1) is 26.4. The maximum atomic E-state index is 13.2. The van der Waals surface area contributed by atoms with Gasteiger partial charge in [0, 0.05) is 81.7 Å². The summed E-state index contributed by atoms with van der Waals surface area (Å²) in [4.78, 5) is 31.0. The Kier molecular flexibility index (Phi) is 8.09. The molecule has 2 aliphatic rings. The van der Waals surface area contributed by atoms with Gasteiger partial charge in [0.1, 0.15) is 11.5 Å². The second-order valence-electron chi connectivity index (χ2n) is 10.1. The van der Waals surface area contributed by atoms with E-state index in [1.54, 1.807) is 11.3 Å². The van der Waals surface area contributed by atoms with Gasteiger partial charge in [0.15, 0.2) is 5.11 Å². The minimum Gasteiger partial charge on any atom is -0.378 e. The van der Waals surface area contributed by atoms with Crippen LogP contribution in [0.15, 0.2) is 47.8 Å². The van der Waals surface area contributed by atoms with Gasteiger partial charge in [0.25, 0.3) is 5.91 Å². The van der Waals surface area contributed by atoms with E-state index in [9.17, 15) is 4.79 Å².